The molecule has 0 spiro atoms. The minimum atomic E-state index is -0.350. The van der Waals surface area contributed by atoms with Crippen molar-refractivity contribution in [2.45, 2.75) is 25.8 Å². The number of carbonyl (C=O) groups excluding carboxylic acids is 3. The fourth-order valence-corrected chi connectivity index (χ4v) is 3.40. The van der Waals surface area contributed by atoms with Crippen LogP contribution >= 0.6 is 0 Å². The van der Waals surface area contributed by atoms with Crippen LogP contribution < -0.4 is 14.5 Å². The van der Waals surface area contributed by atoms with Crippen LogP contribution in [0.2, 0.25) is 0 Å². The first-order valence-electron chi connectivity index (χ1n) is 8.77. The normalized spacial score (nSPS) is 21.7. The number of carbonyl (C=O) groups is 3. The quantitative estimate of drug-likeness (QED) is 0.555. The van der Waals surface area contributed by atoms with Crippen LogP contribution in [0.5, 0.6) is 5.75 Å². The summed E-state index contributed by atoms with van der Waals surface area (Å²) in [6.07, 6.45) is 1.99. The maximum absolute atomic E-state index is 12.8. The van der Waals surface area contributed by atoms with Gasteiger partial charge in [-0.3, -0.25) is 14.4 Å². The van der Waals surface area contributed by atoms with E-state index in [2.05, 4.69) is 0 Å². The predicted molar refractivity (Wildman–Crippen MR) is 91.5 cm³/mol. The molecule has 0 bridgehead atoms. The van der Waals surface area contributed by atoms with Gasteiger partial charge in [-0.1, -0.05) is 6.92 Å². The Hall–Kier alpha value is -2.41. The Labute approximate surface area is 147 Å². The lowest BCUT2D eigenvalue weighted by molar-refractivity contribution is -0.918. The second-order valence-electron chi connectivity index (χ2n) is 6.47. The van der Waals surface area contributed by atoms with Gasteiger partial charge < -0.3 is 14.5 Å². The van der Waals surface area contributed by atoms with Gasteiger partial charge in [0.15, 0.2) is 6.04 Å². The Bertz CT molecular complexity index is 638. The minimum absolute atomic E-state index is 0.151. The van der Waals surface area contributed by atoms with Crippen molar-refractivity contribution in [2.75, 3.05) is 37.7 Å². The molecule has 7 nitrogen and oxygen atoms in total. The van der Waals surface area contributed by atoms with E-state index in [1.807, 2.05) is 6.92 Å². The molecule has 3 amide bonds. The Morgan fingerprint density at radius 3 is 2.48 bits per heavy atom. The lowest BCUT2D eigenvalue weighted by Crippen LogP contribution is -3.19. The van der Waals surface area contributed by atoms with Crippen LogP contribution in [0.15, 0.2) is 24.3 Å². The van der Waals surface area contributed by atoms with Crippen molar-refractivity contribution in [2.24, 2.45) is 0 Å². The van der Waals surface area contributed by atoms with Gasteiger partial charge in [-0.15, -0.1) is 0 Å². The number of nitrogens with zero attached hydrogens (tertiary/aromatic N) is 2. The number of ether oxygens (including phenoxy) is 1. The van der Waals surface area contributed by atoms with E-state index in [0.29, 0.717) is 38.5 Å². The number of benzene rings is 1. The smallest absolute Gasteiger partial charge is 0.292 e. The van der Waals surface area contributed by atoms with E-state index in [1.165, 1.54) is 4.90 Å². The van der Waals surface area contributed by atoms with E-state index in [-0.39, 0.29) is 24.3 Å². The number of hydrogen-bond acceptors (Lipinski definition) is 4. The van der Waals surface area contributed by atoms with Gasteiger partial charge in [-0.25, -0.2) is 4.90 Å². The van der Waals surface area contributed by atoms with Crippen molar-refractivity contribution in [3.05, 3.63) is 24.3 Å². The first kappa shape index (κ1) is 17.4. The van der Waals surface area contributed by atoms with E-state index >= 15 is 0 Å². The molecule has 0 saturated carbocycles. The Kier molecular flexibility index (Phi) is 5.33. The molecule has 1 aromatic rings. The topological polar surface area (TPSA) is 71.4 Å². The van der Waals surface area contributed by atoms with Crippen molar-refractivity contribution in [1.82, 2.24) is 4.90 Å². The van der Waals surface area contributed by atoms with Crippen molar-refractivity contribution in [1.29, 1.82) is 0 Å². The number of rotatable bonds is 6. The maximum atomic E-state index is 12.8. The molecule has 7 heteroatoms. The first-order valence-corrected chi connectivity index (χ1v) is 8.77. The van der Waals surface area contributed by atoms with Gasteiger partial charge in [0.1, 0.15) is 5.75 Å². The molecule has 2 fully saturated rings. The van der Waals surface area contributed by atoms with Gasteiger partial charge in [0.05, 0.1) is 44.9 Å². The van der Waals surface area contributed by atoms with Crippen LogP contribution in [0.1, 0.15) is 19.8 Å². The van der Waals surface area contributed by atoms with Crippen LogP contribution in [0.25, 0.3) is 0 Å². The monoisotopic (exact) mass is 346 g/mol. The van der Waals surface area contributed by atoms with Crippen LogP contribution in [0.4, 0.5) is 5.69 Å². The highest BCUT2D eigenvalue weighted by molar-refractivity contribution is 6.21. The first-order chi connectivity index (χ1) is 12.1. The van der Waals surface area contributed by atoms with Crippen molar-refractivity contribution in [3.8, 4) is 5.75 Å². The molecule has 25 heavy (non-hydrogen) atoms. The van der Waals surface area contributed by atoms with Gasteiger partial charge >= 0.3 is 0 Å². The molecule has 2 saturated heterocycles. The lowest BCUT2D eigenvalue weighted by atomic mass is 10.2. The molecule has 0 unspecified atom stereocenters. The van der Waals surface area contributed by atoms with E-state index in [0.717, 1.165) is 23.5 Å². The van der Waals surface area contributed by atoms with Gasteiger partial charge in [0.25, 0.3) is 5.91 Å². The maximum Gasteiger partial charge on any atom is 0.292 e. The molecule has 0 aliphatic carbocycles. The number of anilines is 1. The van der Waals surface area contributed by atoms with Crippen molar-refractivity contribution < 1.29 is 24.0 Å². The molecule has 1 atom stereocenters. The Balaban J connectivity index is 1.68. The number of hydrogen-bond donors (Lipinski definition) is 1. The second-order valence-corrected chi connectivity index (χ2v) is 6.47. The van der Waals surface area contributed by atoms with Crippen molar-refractivity contribution in [3.63, 3.8) is 0 Å². The van der Waals surface area contributed by atoms with Crippen molar-refractivity contribution >= 4 is 23.9 Å². The van der Waals surface area contributed by atoms with Crippen LogP contribution in [0, 0.1) is 0 Å². The third-order valence-corrected chi connectivity index (χ3v) is 4.80. The zero-order valence-electron chi connectivity index (χ0n) is 14.4. The Morgan fingerprint density at radius 1 is 1.20 bits per heavy atom. The number of imide groups is 1. The van der Waals surface area contributed by atoms with Gasteiger partial charge in [0.2, 0.25) is 12.3 Å². The van der Waals surface area contributed by atoms with E-state index < -0.39 is 0 Å². The average Bonchev–Trinajstić information content (AvgIpc) is 2.95. The summed E-state index contributed by atoms with van der Waals surface area (Å²) in [4.78, 5) is 40.1. The molecule has 2 aliphatic heterocycles. The zero-order chi connectivity index (χ0) is 17.8. The summed E-state index contributed by atoms with van der Waals surface area (Å²) in [5, 5.41) is 0. The molecule has 1 aromatic carbocycles. The molecule has 2 heterocycles. The highest BCUT2D eigenvalue weighted by Crippen LogP contribution is 2.24. The number of amides is 3. The SMILES string of the molecule is CCCOc1ccc(N2C(=O)C[C@H]([NH+]3CCN(C=O)CC3)C2=O)cc1. The van der Waals surface area contributed by atoms with Gasteiger partial charge in [-0.05, 0) is 30.7 Å². The molecule has 2 aliphatic rings. The standard InChI is InChI=1S/C18H23N3O4/c1-2-11-25-15-5-3-14(4-6-15)21-17(23)12-16(18(21)24)20-9-7-19(13-22)8-10-20/h3-6,13,16H,2,7-12H2,1H3/p+1/t16-/m0/s1. The third-order valence-electron chi connectivity index (χ3n) is 4.80. The largest absolute Gasteiger partial charge is 0.494 e. The molecule has 134 valence electrons. The summed E-state index contributed by atoms with van der Waals surface area (Å²) in [6.45, 7) is 5.31. The lowest BCUT2D eigenvalue weighted by Gasteiger charge is -2.32. The summed E-state index contributed by atoms with van der Waals surface area (Å²) in [7, 11) is 0. The number of quaternary nitrogens is 1. The van der Waals surface area contributed by atoms with E-state index in [4.69, 9.17) is 4.74 Å². The van der Waals surface area contributed by atoms with Gasteiger partial charge in [-0.2, -0.15) is 0 Å². The van der Waals surface area contributed by atoms with Crippen LogP contribution in [0.3, 0.4) is 0 Å². The summed E-state index contributed by atoms with van der Waals surface area (Å²) in [6, 6.07) is 6.73. The third kappa shape index (κ3) is 3.66. The number of nitrogens with one attached hydrogen (secondary N) is 1. The second kappa shape index (κ2) is 7.65. The predicted octanol–water partition coefficient (Wildman–Crippen LogP) is -0.536. The summed E-state index contributed by atoms with van der Waals surface area (Å²) >= 11 is 0. The average molecular weight is 346 g/mol. The molecule has 1 N–H and O–H groups in total. The zero-order valence-corrected chi connectivity index (χ0v) is 14.4. The molecule has 0 radical (unpaired) electrons. The summed E-state index contributed by atoms with van der Waals surface area (Å²) in [5.74, 6) is 0.418. The molecular formula is C18H24N3O4+. The van der Waals surface area contributed by atoms with Gasteiger partial charge in [0, 0.05) is 0 Å². The Morgan fingerprint density at radius 2 is 1.88 bits per heavy atom. The highest BCUT2D eigenvalue weighted by Gasteiger charge is 2.46. The van der Waals surface area contributed by atoms with E-state index in [1.54, 1.807) is 29.2 Å². The molecule has 0 aromatic heterocycles. The number of piperazine rings is 1. The molecular weight excluding hydrogens is 322 g/mol. The van der Waals surface area contributed by atoms with E-state index in [9.17, 15) is 14.4 Å². The summed E-state index contributed by atoms with van der Waals surface area (Å²) < 4.78 is 5.54. The molecule has 3 rings (SSSR count). The fraction of sp³-hybridized carbons (Fsp3) is 0.500. The fourth-order valence-electron chi connectivity index (χ4n) is 3.40. The van der Waals surface area contributed by atoms with Crippen LogP contribution in [-0.2, 0) is 14.4 Å². The highest BCUT2D eigenvalue weighted by atomic mass is 16.5. The summed E-state index contributed by atoms with van der Waals surface area (Å²) in [5.41, 5.74) is 0.590. The van der Waals surface area contributed by atoms with Crippen LogP contribution in [-0.4, -0.2) is 62.0 Å². The minimum Gasteiger partial charge on any atom is -0.494 e.